The van der Waals surface area contributed by atoms with Crippen LogP contribution in [0.1, 0.15) is 15.9 Å². The Hall–Kier alpha value is -3.41. The fourth-order valence-corrected chi connectivity index (χ4v) is 2.41. The summed E-state index contributed by atoms with van der Waals surface area (Å²) in [6.07, 6.45) is 6.78. The lowest BCUT2D eigenvalue weighted by molar-refractivity contribution is 0.102. The summed E-state index contributed by atoms with van der Waals surface area (Å²) >= 11 is 0. The lowest BCUT2D eigenvalue weighted by Gasteiger charge is -2.13. The minimum absolute atomic E-state index is 0.194. The first kappa shape index (κ1) is 17.4. The zero-order valence-electron chi connectivity index (χ0n) is 14.8. The second-order valence-corrected chi connectivity index (χ2v) is 6.07. The maximum atomic E-state index is 12.5. The molecular weight excluding hydrogens is 326 g/mol. The van der Waals surface area contributed by atoms with Crippen LogP contribution >= 0.6 is 0 Å². The molecule has 6 nitrogen and oxygen atoms in total. The van der Waals surface area contributed by atoms with Crippen LogP contribution in [0.15, 0.2) is 67.3 Å². The number of hydrogen-bond donors (Lipinski definition) is 2. The fourth-order valence-electron chi connectivity index (χ4n) is 2.41. The molecule has 0 spiro atoms. The van der Waals surface area contributed by atoms with E-state index in [9.17, 15) is 4.79 Å². The molecule has 0 saturated heterocycles. The number of amides is 1. The molecule has 2 heterocycles. The number of nitrogens with one attached hydrogen (secondary N) is 2. The minimum atomic E-state index is -0.194. The molecule has 0 aliphatic rings. The van der Waals surface area contributed by atoms with E-state index in [0.29, 0.717) is 12.1 Å². The highest BCUT2D eigenvalue weighted by molar-refractivity contribution is 6.04. The largest absolute Gasteiger partial charge is 0.380 e. The van der Waals surface area contributed by atoms with E-state index in [1.165, 1.54) is 0 Å². The molecule has 0 atom stereocenters. The molecule has 3 rings (SSSR count). The predicted molar refractivity (Wildman–Crippen MR) is 105 cm³/mol. The third kappa shape index (κ3) is 4.57. The van der Waals surface area contributed by atoms with E-state index in [1.54, 1.807) is 30.9 Å². The van der Waals surface area contributed by atoms with Crippen molar-refractivity contribution in [1.29, 1.82) is 0 Å². The molecule has 2 N–H and O–H groups in total. The number of anilines is 3. The SMILES string of the molecule is CN(C)c1ccc(NC(=O)c2cncc(NCc3cccnc3)c2)cc1. The van der Waals surface area contributed by atoms with E-state index in [1.807, 2.05) is 55.4 Å². The lowest BCUT2D eigenvalue weighted by Crippen LogP contribution is -2.13. The smallest absolute Gasteiger partial charge is 0.257 e. The molecule has 26 heavy (non-hydrogen) atoms. The van der Waals surface area contributed by atoms with Gasteiger partial charge in [-0.2, -0.15) is 0 Å². The number of carbonyl (C=O) groups excluding carboxylic acids is 1. The van der Waals surface area contributed by atoms with Crippen molar-refractivity contribution in [2.24, 2.45) is 0 Å². The van der Waals surface area contributed by atoms with Gasteiger partial charge in [0.1, 0.15) is 0 Å². The Morgan fingerprint density at radius 2 is 1.81 bits per heavy atom. The van der Waals surface area contributed by atoms with Crippen molar-refractivity contribution < 1.29 is 4.79 Å². The number of carbonyl (C=O) groups is 1. The second-order valence-electron chi connectivity index (χ2n) is 6.07. The average Bonchev–Trinajstić information content (AvgIpc) is 2.68. The summed E-state index contributed by atoms with van der Waals surface area (Å²) in [5, 5.41) is 6.14. The number of aromatic nitrogens is 2. The van der Waals surface area contributed by atoms with Gasteiger partial charge in [0.2, 0.25) is 0 Å². The summed E-state index contributed by atoms with van der Waals surface area (Å²) in [5.74, 6) is -0.194. The maximum Gasteiger partial charge on any atom is 0.257 e. The summed E-state index contributed by atoms with van der Waals surface area (Å²) in [6.45, 7) is 0.618. The molecule has 0 radical (unpaired) electrons. The van der Waals surface area contributed by atoms with Crippen LogP contribution < -0.4 is 15.5 Å². The molecular formula is C20H21N5O. The predicted octanol–water partition coefficient (Wildman–Crippen LogP) is 3.41. The van der Waals surface area contributed by atoms with Gasteiger partial charge in [-0.25, -0.2) is 0 Å². The molecule has 1 amide bonds. The molecule has 0 aliphatic heterocycles. The van der Waals surface area contributed by atoms with Gasteiger partial charge in [0.15, 0.2) is 0 Å². The lowest BCUT2D eigenvalue weighted by atomic mass is 10.2. The van der Waals surface area contributed by atoms with Gasteiger partial charge in [-0.1, -0.05) is 6.07 Å². The van der Waals surface area contributed by atoms with Gasteiger partial charge in [0, 0.05) is 56.8 Å². The molecule has 6 heteroatoms. The Kier molecular flexibility index (Phi) is 5.43. The molecule has 3 aromatic rings. The molecule has 0 aliphatic carbocycles. The number of hydrogen-bond acceptors (Lipinski definition) is 5. The first-order chi connectivity index (χ1) is 12.6. The van der Waals surface area contributed by atoms with Gasteiger partial charge < -0.3 is 15.5 Å². The standard InChI is InChI=1S/C20H21N5O/c1-25(2)19-7-5-17(6-8-19)24-20(26)16-10-18(14-22-13-16)23-12-15-4-3-9-21-11-15/h3-11,13-14,23H,12H2,1-2H3,(H,24,26). The van der Waals surface area contributed by atoms with Crippen molar-refractivity contribution in [1.82, 2.24) is 9.97 Å². The van der Waals surface area contributed by atoms with Crippen molar-refractivity contribution in [3.05, 3.63) is 78.4 Å². The molecule has 1 aromatic carbocycles. The van der Waals surface area contributed by atoms with Crippen LogP contribution in [0.5, 0.6) is 0 Å². The summed E-state index contributed by atoms with van der Waals surface area (Å²) in [4.78, 5) is 22.7. The van der Waals surface area contributed by atoms with Crippen LogP contribution in [0, 0.1) is 0 Å². The van der Waals surface area contributed by atoms with Crippen LogP contribution in [-0.4, -0.2) is 30.0 Å². The number of benzene rings is 1. The molecule has 0 fully saturated rings. The third-order valence-electron chi connectivity index (χ3n) is 3.86. The normalized spacial score (nSPS) is 10.2. The van der Waals surface area contributed by atoms with Gasteiger partial charge >= 0.3 is 0 Å². The van der Waals surface area contributed by atoms with Gasteiger partial charge in [-0.15, -0.1) is 0 Å². The zero-order chi connectivity index (χ0) is 18.4. The molecule has 2 aromatic heterocycles. The van der Waals surface area contributed by atoms with E-state index in [2.05, 4.69) is 20.6 Å². The van der Waals surface area contributed by atoms with E-state index in [0.717, 1.165) is 22.6 Å². The first-order valence-electron chi connectivity index (χ1n) is 8.28. The Balaban J connectivity index is 1.64. The van der Waals surface area contributed by atoms with E-state index >= 15 is 0 Å². The summed E-state index contributed by atoms with van der Waals surface area (Å²) in [5.41, 5.74) is 4.16. The summed E-state index contributed by atoms with van der Waals surface area (Å²) in [7, 11) is 3.95. The number of nitrogens with zero attached hydrogens (tertiary/aromatic N) is 3. The molecule has 0 bridgehead atoms. The van der Waals surface area contributed by atoms with Gasteiger partial charge in [0.25, 0.3) is 5.91 Å². The monoisotopic (exact) mass is 347 g/mol. The third-order valence-corrected chi connectivity index (χ3v) is 3.86. The topological polar surface area (TPSA) is 70.2 Å². The maximum absolute atomic E-state index is 12.5. The summed E-state index contributed by atoms with van der Waals surface area (Å²) < 4.78 is 0. The Bertz CT molecular complexity index is 863. The van der Waals surface area contributed by atoms with E-state index in [-0.39, 0.29) is 5.91 Å². The highest BCUT2D eigenvalue weighted by atomic mass is 16.1. The van der Waals surface area contributed by atoms with Crippen molar-refractivity contribution >= 4 is 23.0 Å². The van der Waals surface area contributed by atoms with Crippen LogP contribution in [0.4, 0.5) is 17.1 Å². The van der Waals surface area contributed by atoms with Gasteiger partial charge in [-0.05, 0) is 42.0 Å². The quantitative estimate of drug-likeness (QED) is 0.715. The average molecular weight is 347 g/mol. The van der Waals surface area contributed by atoms with Gasteiger partial charge in [0.05, 0.1) is 11.3 Å². The van der Waals surface area contributed by atoms with Crippen LogP contribution in [0.2, 0.25) is 0 Å². The van der Waals surface area contributed by atoms with Crippen LogP contribution in [-0.2, 0) is 6.54 Å². The first-order valence-corrected chi connectivity index (χ1v) is 8.28. The van der Waals surface area contributed by atoms with Crippen LogP contribution in [0.3, 0.4) is 0 Å². The fraction of sp³-hybridized carbons (Fsp3) is 0.150. The highest BCUT2D eigenvalue weighted by Crippen LogP contribution is 2.17. The second kappa shape index (κ2) is 8.11. The molecule has 0 unspecified atom stereocenters. The Labute approximate surface area is 152 Å². The zero-order valence-corrected chi connectivity index (χ0v) is 14.8. The molecule has 132 valence electrons. The van der Waals surface area contributed by atoms with Gasteiger partial charge in [-0.3, -0.25) is 14.8 Å². The number of rotatable bonds is 6. The van der Waals surface area contributed by atoms with Crippen molar-refractivity contribution in [3.63, 3.8) is 0 Å². The number of pyridine rings is 2. The van der Waals surface area contributed by atoms with E-state index in [4.69, 9.17) is 0 Å². The highest BCUT2D eigenvalue weighted by Gasteiger charge is 2.08. The molecule has 0 saturated carbocycles. The van der Waals surface area contributed by atoms with Crippen molar-refractivity contribution in [3.8, 4) is 0 Å². The van der Waals surface area contributed by atoms with Crippen LogP contribution in [0.25, 0.3) is 0 Å². The van der Waals surface area contributed by atoms with E-state index < -0.39 is 0 Å². The summed E-state index contributed by atoms with van der Waals surface area (Å²) in [6, 6.07) is 13.3. The minimum Gasteiger partial charge on any atom is -0.380 e. The van der Waals surface area contributed by atoms with Crippen molar-refractivity contribution in [2.45, 2.75) is 6.54 Å². The Morgan fingerprint density at radius 1 is 1.00 bits per heavy atom. The van der Waals surface area contributed by atoms with Crippen molar-refractivity contribution in [2.75, 3.05) is 29.6 Å². The Morgan fingerprint density at radius 3 is 2.50 bits per heavy atom.